The first-order chi connectivity index (χ1) is 11.8. The van der Waals surface area contributed by atoms with Gasteiger partial charge in [-0.1, -0.05) is 13.8 Å². The smallest absolute Gasteiger partial charge is 0.343 e. The average molecular weight is 393 g/mol. The van der Waals surface area contributed by atoms with Gasteiger partial charge in [0.25, 0.3) is 5.91 Å². The van der Waals surface area contributed by atoms with Crippen LogP contribution in [-0.2, 0) is 10.0 Å². The van der Waals surface area contributed by atoms with Gasteiger partial charge in [-0.25, -0.2) is 8.42 Å². The molecule has 3 N–H and O–H groups in total. The first kappa shape index (κ1) is 20.7. The fourth-order valence-corrected chi connectivity index (χ4v) is 4.37. The van der Waals surface area contributed by atoms with Crippen molar-refractivity contribution in [2.75, 3.05) is 19.6 Å². The Morgan fingerprint density at radius 1 is 1.31 bits per heavy atom. The Morgan fingerprint density at radius 3 is 2.38 bits per heavy atom. The SMILES string of the molecule is CC1(C)CN(S(=O)(=O)c2ccc(C(=O)NCC(F)(F)F)cc2)CCC1N. The van der Waals surface area contributed by atoms with E-state index in [1.54, 1.807) is 5.32 Å². The van der Waals surface area contributed by atoms with Crippen molar-refractivity contribution in [3.63, 3.8) is 0 Å². The van der Waals surface area contributed by atoms with Crippen LogP contribution in [0.25, 0.3) is 0 Å². The third-order valence-corrected chi connectivity index (χ3v) is 6.34. The zero-order valence-corrected chi connectivity index (χ0v) is 15.3. The second-order valence-electron chi connectivity index (χ2n) is 7.04. The summed E-state index contributed by atoms with van der Waals surface area (Å²) < 4.78 is 63.3. The van der Waals surface area contributed by atoms with Crippen LogP contribution in [0.1, 0.15) is 30.6 Å². The second kappa shape index (κ2) is 7.16. The molecule has 6 nitrogen and oxygen atoms in total. The lowest BCUT2D eigenvalue weighted by Gasteiger charge is -2.41. The Hall–Kier alpha value is -1.65. The summed E-state index contributed by atoms with van der Waals surface area (Å²) in [4.78, 5) is 11.7. The molecule has 1 saturated heterocycles. The highest BCUT2D eigenvalue weighted by molar-refractivity contribution is 7.89. The molecule has 1 fully saturated rings. The van der Waals surface area contributed by atoms with Crippen molar-refractivity contribution in [1.82, 2.24) is 9.62 Å². The van der Waals surface area contributed by atoms with Gasteiger partial charge < -0.3 is 11.1 Å². The predicted octanol–water partition coefficient (Wildman–Crippen LogP) is 1.73. The molecule has 0 aromatic heterocycles. The molecule has 1 aromatic rings. The molecule has 26 heavy (non-hydrogen) atoms. The molecule has 1 unspecified atom stereocenters. The Bertz CT molecular complexity index is 761. The van der Waals surface area contributed by atoms with E-state index in [0.29, 0.717) is 13.0 Å². The normalized spacial score (nSPS) is 21.4. The van der Waals surface area contributed by atoms with Gasteiger partial charge in [0.1, 0.15) is 6.54 Å². The summed E-state index contributed by atoms with van der Waals surface area (Å²) in [5.41, 5.74) is 5.60. The fourth-order valence-electron chi connectivity index (χ4n) is 2.74. The topological polar surface area (TPSA) is 92.5 Å². The standard InChI is InChI=1S/C16H22F3N3O3S/c1-15(2)10-22(8-7-13(15)20)26(24,25)12-5-3-11(4-6-12)14(23)21-9-16(17,18)19/h3-6,13H,7-10,20H2,1-2H3,(H,21,23). The van der Waals surface area contributed by atoms with E-state index in [9.17, 15) is 26.4 Å². The number of amides is 1. The summed E-state index contributed by atoms with van der Waals surface area (Å²) in [5, 5.41) is 1.74. The van der Waals surface area contributed by atoms with Gasteiger partial charge in [0, 0.05) is 24.7 Å². The van der Waals surface area contributed by atoms with Crippen LogP contribution >= 0.6 is 0 Å². The molecule has 1 aliphatic heterocycles. The van der Waals surface area contributed by atoms with Gasteiger partial charge in [-0.2, -0.15) is 17.5 Å². The molecule has 146 valence electrons. The van der Waals surface area contributed by atoms with Crippen molar-refractivity contribution in [1.29, 1.82) is 0 Å². The highest BCUT2D eigenvalue weighted by atomic mass is 32.2. The van der Waals surface area contributed by atoms with Crippen molar-refractivity contribution in [3.05, 3.63) is 29.8 Å². The number of hydrogen-bond donors (Lipinski definition) is 2. The average Bonchev–Trinajstić information content (AvgIpc) is 2.54. The third kappa shape index (κ3) is 4.74. The number of rotatable bonds is 4. The minimum absolute atomic E-state index is 0.0175. The summed E-state index contributed by atoms with van der Waals surface area (Å²) in [6, 6.07) is 4.73. The second-order valence-corrected chi connectivity index (χ2v) is 8.98. The van der Waals surface area contributed by atoms with E-state index >= 15 is 0 Å². The Kier molecular flexibility index (Phi) is 5.69. The van der Waals surface area contributed by atoms with Gasteiger partial charge in [0.05, 0.1) is 4.90 Å². The molecule has 0 saturated carbocycles. The van der Waals surface area contributed by atoms with Crippen LogP contribution in [0.3, 0.4) is 0 Å². The number of halogens is 3. The van der Waals surface area contributed by atoms with Gasteiger partial charge in [-0.15, -0.1) is 0 Å². The van der Waals surface area contributed by atoms with Crippen molar-refractivity contribution in [3.8, 4) is 0 Å². The minimum atomic E-state index is -4.51. The molecule has 0 aliphatic carbocycles. The molecule has 0 bridgehead atoms. The highest BCUT2D eigenvalue weighted by Gasteiger charge is 2.38. The zero-order valence-electron chi connectivity index (χ0n) is 14.5. The number of benzene rings is 1. The molecule has 2 rings (SSSR count). The molecule has 0 spiro atoms. The minimum Gasteiger partial charge on any atom is -0.343 e. The lowest BCUT2D eigenvalue weighted by atomic mass is 9.81. The largest absolute Gasteiger partial charge is 0.405 e. The van der Waals surface area contributed by atoms with E-state index in [1.165, 1.54) is 28.6 Å². The summed E-state index contributed by atoms with van der Waals surface area (Å²) >= 11 is 0. The molecular formula is C16H22F3N3O3S. The number of sulfonamides is 1. The number of carbonyl (C=O) groups is 1. The molecule has 1 amide bonds. The Balaban J connectivity index is 2.13. The summed E-state index contributed by atoms with van der Waals surface area (Å²) in [6.45, 7) is 2.90. The van der Waals surface area contributed by atoms with Crippen molar-refractivity contribution in [2.24, 2.45) is 11.1 Å². The van der Waals surface area contributed by atoms with Gasteiger partial charge in [-0.3, -0.25) is 4.79 Å². The highest BCUT2D eigenvalue weighted by Crippen LogP contribution is 2.31. The molecule has 0 radical (unpaired) electrons. The maximum atomic E-state index is 12.8. The van der Waals surface area contributed by atoms with Crippen molar-refractivity contribution < 1.29 is 26.4 Å². The first-order valence-corrected chi connectivity index (χ1v) is 9.48. The van der Waals surface area contributed by atoms with Crippen LogP contribution in [0.15, 0.2) is 29.2 Å². The molecule has 1 heterocycles. The molecule has 10 heteroatoms. The van der Waals surface area contributed by atoms with Gasteiger partial charge in [0.2, 0.25) is 10.0 Å². The number of piperidine rings is 1. The van der Waals surface area contributed by atoms with E-state index in [1.807, 2.05) is 13.8 Å². The van der Waals surface area contributed by atoms with Crippen LogP contribution in [-0.4, -0.2) is 50.5 Å². The van der Waals surface area contributed by atoms with E-state index in [4.69, 9.17) is 5.73 Å². The molecule has 1 aliphatic rings. The predicted molar refractivity (Wildman–Crippen MR) is 90.0 cm³/mol. The van der Waals surface area contributed by atoms with E-state index < -0.39 is 28.7 Å². The zero-order chi connectivity index (χ0) is 19.8. The maximum Gasteiger partial charge on any atom is 0.405 e. The van der Waals surface area contributed by atoms with Crippen molar-refractivity contribution >= 4 is 15.9 Å². The summed E-state index contributed by atoms with van der Waals surface area (Å²) in [6.07, 6.45) is -3.98. The van der Waals surface area contributed by atoms with Gasteiger partial charge >= 0.3 is 6.18 Å². The number of nitrogens with two attached hydrogens (primary N) is 1. The van der Waals surface area contributed by atoms with Crippen LogP contribution < -0.4 is 11.1 Å². The Morgan fingerprint density at radius 2 is 1.88 bits per heavy atom. The van der Waals surface area contributed by atoms with E-state index in [0.717, 1.165) is 0 Å². The summed E-state index contributed by atoms with van der Waals surface area (Å²) in [7, 11) is -3.77. The fraction of sp³-hybridized carbons (Fsp3) is 0.562. The lowest BCUT2D eigenvalue weighted by molar-refractivity contribution is -0.123. The van der Waals surface area contributed by atoms with E-state index in [2.05, 4.69) is 0 Å². The van der Waals surface area contributed by atoms with Crippen molar-refractivity contribution in [2.45, 2.75) is 37.4 Å². The number of alkyl halides is 3. The number of nitrogens with zero attached hydrogens (tertiary/aromatic N) is 1. The molecule has 1 atom stereocenters. The molecule has 1 aromatic carbocycles. The first-order valence-electron chi connectivity index (χ1n) is 8.04. The van der Waals surface area contributed by atoms with E-state index in [-0.39, 0.29) is 28.5 Å². The van der Waals surface area contributed by atoms with Crippen LogP contribution in [0.5, 0.6) is 0 Å². The Labute approximate surface area is 150 Å². The third-order valence-electron chi connectivity index (χ3n) is 4.48. The van der Waals surface area contributed by atoms with Crippen LogP contribution in [0, 0.1) is 5.41 Å². The van der Waals surface area contributed by atoms with Crippen LogP contribution in [0.4, 0.5) is 13.2 Å². The number of carbonyl (C=O) groups excluding carboxylic acids is 1. The summed E-state index contributed by atoms with van der Waals surface area (Å²) in [5.74, 6) is -0.920. The van der Waals surface area contributed by atoms with Crippen LogP contribution in [0.2, 0.25) is 0 Å². The molecular weight excluding hydrogens is 371 g/mol. The lowest BCUT2D eigenvalue weighted by Crippen LogP contribution is -2.53. The number of hydrogen-bond acceptors (Lipinski definition) is 4. The van der Waals surface area contributed by atoms with Gasteiger partial charge in [-0.05, 0) is 36.1 Å². The monoisotopic (exact) mass is 393 g/mol. The number of nitrogens with one attached hydrogen (secondary N) is 1. The van der Waals surface area contributed by atoms with Gasteiger partial charge in [0.15, 0.2) is 0 Å². The maximum absolute atomic E-state index is 12.8. The quantitative estimate of drug-likeness (QED) is 0.815.